The lowest BCUT2D eigenvalue weighted by Crippen LogP contribution is -2.46. The molecule has 0 atom stereocenters. The van der Waals surface area contributed by atoms with E-state index in [-0.39, 0.29) is 6.09 Å². The molecule has 0 radical (unpaired) electrons. The first-order valence-electron chi connectivity index (χ1n) is 10.9. The molecule has 1 aromatic carbocycles. The van der Waals surface area contributed by atoms with Gasteiger partial charge in [0.2, 0.25) is 0 Å². The Kier molecular flexibility index (Phi) is 7.25. The van der Waals surface area contributed by atoms with Crippen molar-refractivity contribution in [2.45, 2.75) is 56.7 Å². The van der Waals surface area contributed by atoms with Crippen LogP contribution in [-0.2, 0) is 21.1 Å². The fourth-order valence-corrected chi connectivity index (χ4v) is 4.42. The number of amides is 1. The molecule has 3 rings (SSSR count). The summed E-state index contributed by atoms with van der Waals surface area (Å²) in [7, 11) is -1.10. The number of hydrogen-bond acceptors (Lipinski definition) is 6. The topological polar surface area (TPSA) is 79.8 Å². The van der Waals surface area contributed by atoms with Crippen LogP contribution in [0.5, 0.6) is 0 Å². The van der Waals surface area contributed by atoms with Crippen molar-refractivity contribution < 1.29 is 17.9 Å². The summed E-state index contributed by atoms with van der Waals surface area (Å²) in [6, 6.07) is 11.2. The van der Waals surface area contributed by atoms with Crippen LogP contribution in [0.25, 0.3) is 11.3 Å². The van der Waals surface area contributed by atoms with E-state index in [2.05, 4.69) is 23.0 Å². The number of carbonyl (C=O) groups excluding carboxylic acids is 1. The normalized spacial score (nSPS) is 15.8. The van der Waals surface area contributed by atoms with Gasteiger partial charge < -0.3 is 9.64 Å². The molecule has 0 N–H and O–H groups in total. The lowest BCUT2D eigenvalue weighted by Gasteiger charge is -2.37. The summed E-state index contributed by atoms with van der Waals surface area (Å²) in [6.07, 6.45) is 4.66. The number of sulfone groups is 1. The molecule has 1 aliphatic heterocycles. The molecule has 0 saturated carbocycles. The Morgan fingerprint density at radius 1 is 1.12 bits per heavy atom. The number of pyridine rings is 1. The molecule has 1 aromatic heterocycles. The third kappa shape index (κ3) is 6.53. The molecule has 1 amide bonds. The highest BCUT2D eigenvalue weighted by Gasteiger charge is 2.28. The van der Waals surface area contributed by atoms with Gasteiger partial charge in [0.1, 0.15) is 5.60 Å². The average molecular weight is 460 g/mol. The number of aromatic nitrogens is 1. The molecule has 2 aromatic rings. The second kappa shape index (κ2) is 9.58. The number of benzene rings is 1. The molecule has 1 fully saturated rings. The smallest absolute Gasteiger partial charge is 0.410 e. The number of piperidine rings is 1. The van der Waals surface area contributed by atoms with E-state index in [1.165, 1.54) is 6.26 Å². The lowest BCUT2D eigenvalue weighted by molar-refractivity contribution is 0.0153. The molecule has 7 nitrogen and oxygen atoms in total. The van der Waals surface area contributed by atoms with Crippen LogP contribution >= 0.6 is 0 Å². The minimum absolute atomic E-state index is 0.233. The second-order valence-corrected chi connectivity index (χ2v) is 11.5. The summed E-state index contributed by atoms with van der Waals surface area (Å²) in [5.74, 6) is 0. The van der Waals surface area contributed by atoms with Gasteiger partial charge in [-0.15, -0.1) is 0 Å². The highest BCUT2D eigenvalue weighted by Crippen LogP contribution is 2.22. The first kappa shape index (κ1) is 24.2. The third-order valence-corrected chi connectivity index (χ3v) is 6.70. The summed E-state index contributed by atoms with van der Waals surface area (Å²) in [4.78, 5) is 21.2. The third-order valence-electron chi connectivity index (χ3n) is 5.57. The summed E-state index contributed by atoms with van der Waals surface area (Å²) < 4.78 is 28.7. The number of hydrogen-bond donors (Lipinski definition) is 0. The van der Waals surface area contributed by atoms with Crippen molar-refractivity contribution in [3.05, 3.63) is 48.2 Å². The number of likely N-dealkylation sites (tertiary alicyclic amines) is 1. The number of ether oxygens (including phenoxy) is 1. The molecule has 32 heavy (non-hydrogen) atoms. The van der Waals surface area contributed by atoms with E-state index >= 15 is 0 Å². The Balaban J connectivity index is 1.54. The van der Waals surface area contributed by atoms with E-state index in [0.29, 0.717) is 24.0 Å². The van der Waals surface area contributed by atoms with Gasteiger partial charge in [0.05, 0.1) is 10.6 Å². The van der Waals surface area contributed by atoms with E-state index in [4.69, 9.17) is 4.74 Å². The van der Waals surface area contributed by atoms with Crippen LogP contribution in [0.2, 0.25) is 0 Å². The summed E-state index contributed by atoms with van der Waals surface area (Å²) in [5.41, 5.74) is 2.33. The van der Waals surface area contributed by atoms with Crippen molar-refractivity contribution in [3.8, 4) is 11.3 Å². The zero-order valence-electron chi connectivity index (χ0n) is 19.5. The van der Waals surface area contributed by atoms with E-state index in [1.54, 1.807) is 29.2 Å². The maximum Gasteiger partial charge on any atom is 0.410 e. The van der Waals surface area contributed by atoms with Crippen molar-refractivity contribution in [2.24, 2.45) is 0 Å². The van der Waals surface area contributed by atoms with Gasteiger partial charge in [-0.05, 0) is 64.4 Å². The zero-order chi connectivity index (χ0) is 23.5. The van der Waals surface area contributed by atoms with Gasteiger partial charge in [-0.1, -0.05) is 18.2 Å². The van der Waals surface area contributed by atoms with Crippen molar-refractivity contribution in [1.82, 2.24) is 14.8 Å². The Morgan fingerprint density at radius 2 is 1.75 bits per heavy atom. The Morgan fingerprint density at radius 3 is 2.25 bits per heavy atom. The predicted octanol–water partition coefficient (Wildman–Crippen LogP) is 3.98. The molecular formula is C24H33N3O4S. The summed E-state index contributed by atoms with van der Waals surface area (Å²) >= 11 is 0. The highest BCUT2D eigenvalue weighted by atomic mass is 32.2. The number of rotatable bonds is 5. The van der Waals surface area contributed by atoms with Crippen LogP contribution in [0.15, 0.2) is 47.5 Å². The van der Waals surface area contributed by atoms with Gasteiger partial charge >= 0.3 is 6.09 Å². The molecule has 0 aliphatic carbocycles. The van der Waals surface area contributed by atoms with Gasteiger partial charge in [0.25, 0.3) is 0 Å². The van der Waals surface area contributed by atoms with E-state index in [0.717, 1.165) is 36.2 Å². The lowest BCUT2D eigenvalue weighted by atomic mass is 10.0. The highest BCUT2D eigenvalue weighted by molar-refractivity contribution is 7.90. The van der Waals surface area contributed by atoms with Crippen molar-refractivity contribution >= 4 is 15.9 Å². The van der Waals surface area contributed by atoms with E-state index in [1.807, 2.05) is 33.0 Å². The SMILES string of the molecule is CN(Cc1ccc(-c2ccc(S(C)(=O)=O)cc2)nc1)C1CCN(C(=O)OC(C)(C)C)CC1. The summed E-state index contributed by atoms with van der Waals surface area (Å²) in [5, 5.41) is 0. The molecular weight excluding hydrogens is 426 g/mol. The monoisotopic (exact) mass is 459 g/mol. The fraction of sp³-hybridized carbons (Fsp3) is 0.500. The second-order valence-electron chi connectivity index (χ2n) is 9.46. The van der Waals surface area contributed by atoms with Gasteiger partial charge in [-0.3, -0.25) is 9.88 Å². The Labute approximate surface area is 191 Å². The molecule has 0 bridgehead atoms. The standard InChI is InChI=1S/C24H33N3O4S/c1-24(2,3)31-23(28)27-14-12-20(13-15-27)26(4)17-18-6-11-22(25-16-18)19-7-9-21(10-8-19)32(5,29)30/h6-11,16,20H,12-15,17H2,1-5H3. The van der Waals surface area contributed by atoms with E-state index in [9.17, 15) is 13.2 Å². The van der Waals surface area contributed by atoms with Crippen LogP contribution < -0.4 is 0 Å². The molecule has 1 aliphatic rings. The Hall–Kier alpha value is -2.45. The molecule has 174 valence electrons. The van der Waals surface area contributed by atoms with E-state index < -0.39 is 15.4 Å². The first-order chi connectivity index (χ1) is 14.9. The molecule has 1 saturated heterocycles. The molecule has 2 heterocycles. The largest absolute Gasteiger partial charge is 0.444 e. The van der Waals surface area contributed by atoms with Crippen molar-refractivity contribution in [1.29, 1.82) is 0 Å². The predicted molar refractivity (Wildman–Crippen MR) is 125 cm³/mol. The van der Waals surface area contributed by atoms with Gasteiger partial charge in [0.15, 0.2) is 9.84 Å². The zero-order valence-corrected chi connectivity index (χ0v) is 20.4. The first-order valence-corrected chi connectivity index (χ1v) is 12.7. The Bertz CT molecular complexity index is 1020. The maximum absolute atomic E-state index is 12.2. The minimum Gasteiger partial charge on any atom is -0.444 e. The number of nitrogens with zero attached hydrogens (tertiary/aromatic N) is 3. The molecule has 0 spiro atoms. The van der Waals surface area contributed by atoms with Gasteiger partial charge in [0, 0.05) is 43.7 Å². The van der Waals surface area contributed by atoms with Crippen molar-refractivity contribution in [2.75, 3.05) is 26.4 Å². The summed E-state index contributed by atoms with van der Waals surface area (Å²) in [6.45, 7) is 7.83. The van der Waals surface area contributed by atoms with Crippen LogP contribution in [0.1, 0.15) is 39.2 Å². The number of carbonyl (C=O) groups is 1. The van der Waals surface area contributed by atoms with Crippen LogP contribution in [-0.4, -0.2) is 67.3 Å². The van der Waals surface area contributed by atoms with Crippen LogP contribution in [0.4, 0.5) is 4.79 Å². The molecule has 8 heteroatoms. The van der Waals surface area contributed by atoms with Crippen molar-refractivity contribution in [3.63, 3.8) is 0 Å². The fourth-order valence-electron chi connectivity index (χ4n) is 3.79. The average Bonchev–Trinajstić information content (AvgIpc) is 2.72. The van der Waals surface area contributed by atoms with Gasteiger partial charge in [-0.2, -0.15) is 0 Å². The minimum atomic E-state index is -3.20. The van der Waals surface area contributed by atoms with Crippen LogP contribution in [0.3, 0.4) is 0 Å². The quantitative estimate of drug-likeness (QED) is 0.673. The van der Waals surface area contributed by atoms with Gasteiger partial charge in [-0.25, -0.2) is 13.2 Å². The maximum atomic E-state index is 12.2. The molecule has 0 unspecified atom stereocenters. The van der Waals surface area contributed by atoms with Crippen LogP contribution in [0, 0.1) is 0 Å².